The largest absolute Gasteiger partial charge is 0.345 e. The van der Waals surface area contributed by atoms with E-state index in [0.717, 1.165) is 19.6 Å². The zero-order chi connectivity index (χ0) is 8.39. The van der Waals surface area contributed by atoms with Crippen LogP contribution in [-0.4, -0.2) is 43.7 Å². The van der Waals surface area contributed by atoms with E-state index >= 15 is 0 Å². The molecule has 0 bridgehead atoms. The van der Waals surface area contributed by atoms with Crippen LogP contribution in [0.3, 0.4) is 0 Å². The topological polar surface area (TPSA) is 33.7 Å². The molecule has 0 radical (unpaired) electrons. The van der Waals surface area contributed by atoms with Crippen molar-refractivity contribution in [1.82, 2.24) is 10.2 Å². The van der Waals surface area contributed by atoms with Crippen LogP contribution in [0.2, 0.25) is 0 Å². The van der Waals surface area contributed by atoms with E-state index in [1.54, 1.807) is 6.26 Å². The van der Waals surface area contributed by atoms with Crippen molar-refractivity contribution in [3.05, 3.63) is 12.3 Å². The van der Waals surface area contributed by atoms with Gasteiger partial charge in [0.2, 0.25) is 0 Å². The Labute approximate surface area is 72.1 Å². The molecule has 4 nitrogen and oxygen atoms in total. The van der Waals surface area contributed by atoms with Crippen LogP contribution in [0.4, 0.5) is 0 Å². The molecule has 0 aromatic heterocycles. The number of nitrogens with zero attached hydrogens (tertiary/aromatic N) is 1. The smallest absolute Gasteiger partial charge is 0.143 e. The summed E-state index contributed by atoms with van der Waals surface area (Å²) in [5, 5.41) is 3.33. The second-order valence-corrected chi connectivity index (χ2v) is 3.24. The molecule has 12 heavy (non-hydrogen) atoms. The number of hydrogen-bond donors (Lipinski definition) is 1. The molecule has 2 aliphatic rings. The van der Waals surface area contributed by atoms with Gasteiger partial charge in [-0.1, -0.05) is 0 Å². The van der Waals surface area contributed by atoms with Gasteiger partial charge >= 0.3 is 0 Å². The molecule has 4 heteroatoms. The highest BCUT2D eigenvalue weighted by Gasteiger charge is 2.29. The summed E-state index contributed by atoms with van der Waals surface area (Å²) in [6.07, 6.45) is 3.64. The maximum atomic E-state index is 5.07. The van der Waals surface area contributed by atoms with E-state index in [9.17, 15) is 0 Å². The molecule has 0 amide bonds. The van der Waals surface area contributed by atoms with Gasteiger partial charge in [0.05, 0.1) is 6.04 Å². The minimum atomic E-state index is 0.0859. The Kier molecular flexibility index (Phi) is 2.30. The summed E-state index contributed by atoms with van der Waals surface area (Å²) in [6, 6.07) is 0.400. The second kappa shape index (κ2) is 3.43. The molecule has 0 aromatic carbocycles. The molecule has 2 atom stereocenters. The SMILES string of the molecule is CN1CCNCC1C1C=COO1. The Hall–Kier alpha value is -0.580. The minimum Gasteiger partial charge on any atom is -0.345 e. The Bertz CT molecular complexity index is 184. The number of nitrogens with one attached hydrogen (secondary N) is 1. The summed E-state index contributed by atoms with van der Waals surface area (Å²) < 4.78 is 0. The van der Waals surface area contributed by atoms with Crippen LogP contribution >= 0.6 is 0 Å². The highest BCUT2D eigenvalue weighted by atomic mass is 17.2. The zero-order valence-electron chi connectivity index (χ0n) is 7.19. The normalized spacial score (nSPS) is 36.8. The van der Waals surface area contributed by atoms with Crippen LogP contribution in [0.5, 0.6) is 0 Å². The first kappa shape index (κ1) is 8.04. The predicted molar refractivity (Wildman–Crippen MR) is 44.4 cm³/mol. The van der Waals surface area contributed by atoms with Gasteiger partial charge in [-0.05, 0) is 13.1 Å². The van der Waals surface area contributed by atoms with Crippen LogP contribution in [0.25, 0.3) is 0 Å². The predicted octanol–water partition coefficient (Wildman–Crippen LogP) is -0.266. The summed E-state index contributed by atoms with van der Waals surface area (Å²) in [5.41, 5.74) is 0. The highest BCUT2D eigenvalue weighted by molar-refractivity contribution is 4.97. The first-order valence-corrected chi connectivity index (χ1v) is 4.28. The maximum absolute atomic E-state index is 5.07. The molecule has 0 aliphatic carbocycles. The van der Waals surface area contributed by atoms with Crippen molar-refractivity contribution in [2.45, 2.75) is 12.1 Å². The molecule has 0 aromatic rings. The fraction of sp³-hybridized carbons (Fsp3) is 0.750. The van der Waals surface area contributed by atoms with Gasteiger partial charge in [-0.2, -0.15) is 4.89 Å². The lowest BCUT2D eigenvalue weighted by Crippen LogP contribution is -2.54. The third-order valence-corrected chi connectivity index (χ3v) is 2.43. The fourth-order valence-corrected chi connectivity index (χ4v) is 1.62. The Morgan fingerprint density at radius 2 is 2.50 bits per heavy atom. The van der Waals surface area contributed by atoms with E-state index in [2.05, 4.69) is 17.3 Å². The van der Waals surface area contributed by atoms with Crippen LogP contribution in [0.1, 0.15) is 0 Å². The average Bonchev–Trinajstić information content (AvgIpc) is 2.57. The first-order chi connectivity index (χ1) is 5.88. The standard InChI is InChI=1S/C8H14N2O2/c1-10-4-3-9-6-7(10)8-2-5-11-12-8/h2,5,7-9H,3-4,6H2,1H3. The van der Waals surface area contributed by atoms with Crippen molar-refractivity contribution in [2.24, 2.45) is 0 Å². The molecule has 0 saturated carbocycles. The lowest BCUT2D eigenvalue weighted by Gasteiger charge is -2.34. The second-order valence-electron chi connectivity index (χ2n) is 3.24. The van der Waals surface area contributed by atoms with Gasteiger partial charge in [-0.3, -0.25) is 4.90 Å². The Balaban J connectivity index is 1.95. The molecule has 0 spiro atoms. The van der Waals surface area contributed by atoms with Crippen molar-refractivity contribution >= 4 is 0 Å². The summed E-state index contributed by atoms with van der Waals surface area (Å²) >= 11 is 0. The summed E-state index contributed by atoms with van der Waals surface area (Å²) in [4.78, 5) is 12.1. The monoisotopic (exact) mass is 170 g/mol. The van der Waals surface area contributed by atoms with Crippen LogP contribution < -0.4 is 5.32 Å². The molecule has 68 valence electrons. The maximum Gasteiger partial charge on any atom is 0.143 e. The molecule has 1 fully saturated rings. The number of hydrogen-bond acceptors (Lipinski definition) is 4. The lowest BCUT2D eigenvalue weighted by atomic mass is 10.1. The van der Waals surface area contributed by atoms with E-state index in [1.807, 2.05) is 6.08 Å². The van der Waals surface area contributed by atoms with Crippen molar-refractivity contribution in [2.75, 3.05) is 26.7 Å². The quantitative estimate of drug-likeness (QED) is 0.549. The van der Waals surface area contributed by atoms with Gasteiger partial charge in [0, 0.05) is 19.6 Å². The van der Waals surface area contributed by atoms with Crippen molar-refractivity contribution in [3.63, 3.8) is 0 Å². The van der Waals surface area contributed by atoms with E-state index in [0.29, 0.717) is 6.04 Å². The van der Waals surface area contributed by atoms with Crippen LogP contribution in [0, 0.1) is 0 Å². The van der Waals surface area contributed by atoms with Crippen molar-refractivity contribution in [1.29, 1.82) is 0 Å². The molecule has 2 rings (SSSR count). The third-order valence-electron chi connectivity index (χ3n) is 2.43. The first-order valence-electron chi connectivity index (χ1n) is 4.28. The molecular formula is C8H14N2O2. The number of rotatable bonds is 1. The van der Waals surface area contributed by atoms with E-state index in [1.165, 1.54) is 0 Å². The average molecular weight is 170 g/mol. The van der Waals surface area contributed by atoms with Gasteiger partial charge < -0.3 is 10.2 Å². The van der Waals surface area contributed by atoms with Gasteiger partial charge in [-0.25, -0.2) is 0 Å². The molecular weight excluding hydrogens is 156 g/mol. The summed E-state index contributed by atoms with van der Waals surface area (Å²) in [6.45, 7) is 3.09. The van der Waals surface area contributed by atoms with Gasteiger partial charge in [0.15, 0.2) is 0 Å². The Morgan fingerprint density at radius 3 is 3.17 bits per heavy atom. The van der Waals surface area contributed by atoms with E-state index in [-0.39, 0.29) is 6.10 Å². The summed E-state index contributed by atoms with van der Waals surface area (Å²) in [5.74, 6) is 0. The lowest BCUT2D eigenvalue weighted by molar-refractivity contribution is -0.263. The molecule has 1 saturated heterocycles. The fourth-order valence-electron chi connectivity index (χ4n) is 1.62. The van der Waals surface area contributed by atoms with Crippen molar-refractivity contribution < 1.29 is 9.78 Å². The highest BCUT2D eigenvalue weighted by Crippen LogP contribution is 2.14. The van der Waals surface area contributed by atoms with E-state index < -0.39 is 0 Å². The van der Waals surface area contributed by atoms with Crippen LogP contribution in [0.15, 0.2) is 12.3 Å². The number of piperazine rings is 1. The van der Waals surface area contributed by atoms with Crippen molar-refractivity contribution in [3.8, 4) is 0 Å². The van der Waals surface area contributed by atoms with Gasteiger partial charge in [-0.15, -0.1) is 0 Å². The van der Waals surface area contributed by atoms with Gasteiger partial charge in [0.25, 0.3) is 0 Å². The summed E-state index contributed by atoms with van der Waals surface area (Å²) in [7, 11) is 2.11. The zero-order valence-corrected chi connectivity index (χ0v) is 7.19. The third kappa shape index (κ3) is 1.46. The van der Waals surface area contributed by atoms with E-state index in [4.69, 9.17) is 9.78 Å². The van der Waals surface area contributed by atoms with Gasteiger partial charge in [0.1, 0.15) is 12.4 Å². The molecule has 2 unspecified atom stereocenters. The molecule has 2 heterocycles. The Morgan fingerprint density at radius 1 is 1.58 bits per heavy atom. The molecule has 2 aliphatic heterocycles. The minimum absolute atomic E-state index is 0.0859. The van der Waals surface area contributed by atoms with Crippen LogP contribution in [-0.2, 0) is 9.78 Å². The number of likely N-dealkylation sites (N-methyl/N-ethyl adjacent to an activating group) is 1. The molecule has 1 N–H and O–H groups in total.